The summed E-state index contributed by atoms with van der Waals surface area (Å²) in [5.74, 6) is -0.0694. The van der Waals surface area contributed by atoms with Crippen LogP contribution in [0.15, 0.2) is 0 Å². The van der Waals surface area contributed by atoms with E-state index in [9.17, 15) is 9.59 Å². The monoisotopic (exact) mass is 335 g/mol. The molecule has 3 heterocycles. The fourth-order valence-corrected chi connectivity index (χ4v) is 2.97. The highest BCUT2D eigenvalue weighted by molar-refractivity contribution is 5.94. The lowest BCUT2D eigenvalue weighted by Gasteiger charge is -2.31. The first-order chi connectivity index (χ1) is 11.3. The van der Waals surface area contributed by atoms with Crippen LogP contribution in [0.4, 0.5) is 4.79 Å². The van der Waals surface area contributed by atoms with Gasteiger partial charge in [-0.3, -0.25) is 9.89 Å². The number of nitrogens with zero attached hydrogens (tertiary/aromatic N) is 3. The van der Waals surface area contributed by atoms with Crippen molar-refractivity contribution in [3.05, 3.63) is 17.0 Å². The molecule has 132 valence electrons. The molecule has 3 rings (SSSR count). The fraction of sp³-hybridized carbons (Fsp3) is 0.688. The number of aromatic nitrogens is 2. The van der Waals surface area contributed by atoms with Gasteiger partial charge in [-0.25, -0.2) is 4.79 Å². The molecular weight excluding hydrogens is 310 g/mol. The predicted molar refractivity (Wildman–Crippen MR) is 87.7 cm³/mol. The van der Waals surface area contributed by atoms with Crippen LogP contribution in [-0.4, -0.2) is 70.3 Å². The number of hydrogen-bond acceptors (Lipinski definition) is 5. The second-order valence-corrected chi connectivity index (χ2v) is 7.22. The number of nitrogens with one attached hydrogen (secondary N) is 2. The lowest BCUT2D eigenvalue weighted by molar-refractivity contribution is 0.0222. The van der Waals surface area contributed by atoms with Crippen LogP contribution in [0.3, 0.4) is 0 Å². The summed E-state index contributed by atoms with van der Waals surface area (Å²) in [5.41, 5.74) is 1.65. The maximum atomic E-state index is 12.7. The molecule has 0 bridgehead atoms. The molecule has 0 spiro atoms. The van der Waals surface area contributed by atoms with E-state index in [0.29, 0.717) is 38.3 Å². The number of carbonyl (C=O) groups excluding carboxylic acids is 2. The molecule has 24 heavy (non-hydrogen) atoms. The third kappa shape index (κ3) is 3.53. The van der Waals surface area contributed by atoms with E-state index < -0.39 is 5.60 Å². The summed E-state index contributed by atoms with van der Waals surface area (Å²) in [6.45, 7) is 9.39. The van der Waals surface area contributed by atoms with E-state index in [1.54, 1.807) is 9.80 Å². The van der Waals surface area contributed by atoms with Crippen LogP contribution < -0.4 is 5.32 Å². The Balaban J connectivity index is 1.74. The molecular formula is C16H25N5O3. The third-order valence-electron chi connectivity index (χ3n) is 4.19. The second-order valence-electron chi connectivity index (χ2n) is 7.22. The van der Waals surface area contributed by atoms with Crippen LogP contribution in [0.25, 0.3) is 0 Å². The largest absolute Gasteiger partial charge is 0.444 e. The summed E-state index contributed by atoms with van der Waals surface area (Å²) in [6.07, 6.45) is 0.297. The number of H-pyrrole nitrogens is 1. The molecule has 0 atom stereocenters. The molecule has 8 heteroatoms. The van der Waals surface area contributed by atoms with Gasteiger partial charge in [0.2, 0.25) is 0 Å². The average Bonchev–Trinajstić information content (AvgIpc) is 2.96. The SMILES string of the molecule is CC(C)(C)OC(=O)N1CCc2[nH]nc(C(=O)N3CCNCC3)c2C1. The van der Waals surface area contributed by atoms with Gasteiger partial charge in [0, 0.05) is 50.4 Å². The molecule has 1 aromatic rings. The quantitative estimate of drug-likeness (QED) is 0.790. The Morgan fingerprint density at radius 1 is 1.12 bits per heavy atom. The maximum absolute atomic E-state index is 12.7. The van der Waals surface area contributed by atoms with Gasteiger partial charge >= 0.3 is 6.09 Å². The molecule has 0 unspecified atom stereocenters. The summed E-state index contributed by atoms with van der Waals surface area (Å²) in [6, 6.07) is 0. The van der Waals surface area contributed by atoms with Gasteiger partial charge in [-0.15, -0.1) is 0 Å². The molecule has 2 aliphatic rings. The lowest BCUT2D eigenvalue weighted by Crippen LogP contribution is -2.47. The van der Waals surface area contributed by atoms with Crippen molar-refractivity contribution in [2.75, 3.05) is 32.7 Å². The molecule has 1 saturated heterocycles. The highest BCUT2D eigenvalue weighted by atomic mass is 16.6. The number of rotatable bonds is 1. The molecule has 2 amide bonds. The van der Waals surface area contributed by atoms with Gasteiger partial charge in [0.25, 0.3) is 5.91 Å². The summed E-state index contributed by atoms with van der Waals surface area (Å²) in [7, 11) is 0. The third-order valence-corrected chi connectivity index (χ3v) is 4.19. The fourth-order valence-electron chi connectivity index (χ4n) is 2.97. The van der Waals surface area contributed by atoms with Crippen molar-refractivity contribution in [3.8, 4) is 0 Å². The molecule has 0 radical (unpaired) electrons. The number of fused-ring (bicyclic) bond motifs is 1. The first-order valence-corrected chi connectivity index (χ1v) is 8.39. The number of aromatic amines is 1. The zero-order valence-corrected chi connectivity index (χ0v) is 14.5. The molecule has 0 saturated carbocycles. The van der Waals surface area contributed by atoms with Crippen LogP contribution in [0.2, 0.25) is 0 Å². The summed E-state index contributed by atoms with van der Waals surface area (Å²) >= 11 is 0. The lowest BCUT2D eigenvalue weighted by atomic mass is 10.0. The Morgan fingerprint density at radius 2 is 1.83 bits per heavy atom. The van der Waals surface area contributed by atoms with Gasteiger partial charge in [0.05, 0.1) is 6.54 Å². The Labute approximate surface area is 141 Å². The second kappa shape index (κ2) is 6.43. The molecule has 0 aromatic carbocycles. The van der Waals surface area contributed by atoms with E-state index in [1.807, 2.05) is 20.8 Å². The predicted octanol–water partition coefficient (Wildman–Crippen LogP) is 0.748. The number of amides is 2. The van der Waals surface area contributed by atoms with Crippen LogP contribution in [0.1, 0.15) is 42.5 Å². The summed E-state index contributed by atoms with van der Waals surface area (Å²) < 4.78 is 5.44. The zero-order chi connectivity index (χ0) is 17.3. The smallest absolute Gasteiger partial charge is 0.410 e. The minimum absolute atomic E-state index is 0.0694. The summed E-state index contributed by atoms with van der Waals surface area (Å²) in [4.78, 5) is 28.5. The van der Waals surface area contributed by atoms with Gasteiger partial charge in [0.1, 0.15) is 5.60 Å². The van der Waals surface area contributed by atoms with Crippen molar-refractivity contribution in [1.29, 1.82) is 0 Å². The zero-order valence-electron chi connectivity index (χ0n) is 14.5. The average molecular weight is 335 g/mol. The van der Waals surface area contributed by atoms with E-state index in [-0.39, 0.29) is 12.0 Å². The highest BCUT2D eigenvalue weighted by Crippen LogP contribution is 2.23. The van der Waals surface area contributed by atoms with Crippen molar-refractivity contribution in [1.82, 2.24) is 25.3 Å². The normalized spacial score (nSPS) is 18.3. The number of carbonyl (C=O) groups is 2. The van der Waals surface area contributed by atoms with Crippen molar-refractivity contribution in [2.24, 2.45) is 0 Å². The Bertz CT molecular complexity index is 628. The molecule has 0 aliphatic carbocycles. The van der Waals surface area contributed by atoms with Gasteiger partial charge < -0.3 is 19.9 Å². The summed E-state index contributed by atoms with van der Waals surface area (Å²) in [5, 5.41) is 10.4. The van der Waals surface area contributed by atoms with E-state index in [4.69, 9.17) is 4.74 Å². The van der Waals surface area contributed by atoms with Crippen LogP contribution in [0.5, 0.6) is 0 Å². The maximum Gasteiger partial charge on any atom is 0.410 e. The standard InChI is InChI=1S/C16H25N5O3/c1-16(2,3)24-15(23)21-7-4-12-11(10-21)13(19-18-12)14(22)20-8-5-17-6-9-20/h17H,4-10H2,1-3H3,(H,18,19). The van der Waals surface area contributed by atoms with Crippen molar-refractivity contribution < 1.29 is 14.3 Å². The number of hydrogen-bond donors (Lipinski definition) is 2. The molecule has 8 nitrogen and oxygen atoms in total. The van der Waals surface area contributed by atoms with Gasteiger partial charge in [-0.2, -0.15) is 5.10 Å². The minimum atomic E-state index is -0.535. The molecule has 1 aromatic heterocycles. The molecule has 2 aliphatic heterocycles. The minimum Gasteiger partial charge on any atom is -0.444 e. The van der Waals surface area contributed by atoms with Gasteiger partial charge in [0.15, 0.2) is 5.69 Å². The molecule has 2 N–H and O–H groups in total. The van der Waals surface area contributed by atoms with E-state index in [0.717, 1.165) is 24.3 Å². The Hall–Kier alpha value is -2.09. The number of ether oxygens (including phenoxy) is 1. The molecule has 1 fully saturated rings. The van der Waals surface area contributed by atoms with Gasteiger partial charge in [-0.05, 0) is 20.8 Å². The van der Waals surface area contributed by atoms with Crippen molar-refractivity contribution in [2.45, 2.75) is 39.3 Å². The van der Waals surface area contributed by atoms with Crippen molar-refractivity contribution >= 4 is 12.0 Å². The van der Waals surface area contributed by atoms with Crippen LogP contribution in [0, 0.1) is 0 Å². The van der Waals surface area contributed by atoms with E-state index in [1.165, 1.54) is 0 Å². The first kappa shape index (κ1) is 16.8. The Kier molecular flexibility index (Phi) is 4.49. The first-order valence-electron chi connectivity index (χ1n) is 8.39. The van der Waals surface area contributed by atoms with Crippen LogP contribution >= 0.6 is 0 Å². The van der Waals surface area contributed by atoms with E-state index in [2.05, 4.69) is 15.5 Å². The van der Waals surface area contributed by atoms with Gasteiger partial charge in [-0.1, -0.05) is 0 Å². The highest BCUT2D eigenvalue weighted by Gasteiger charge is 2.32. The van der Waals surface area contributed by atoms with Crippen LogP contribution in [-0.2, 0) is 17.7 Å². The Morgan fingerprint density at radius 3 is 2.50 bits per heavy atom. The van der Waals surface area contributed by atoms with E-state index >= 15 is 0 Å². The van der Waals surface area contributed by atoms with Crippen molar-refractivity contribution in [3.63, 3.8) is 0 Å². The number of piperazine rings is 1. The topological polar surface area (TPSA) is 90.6 Å².